The van der Waals surface area contributed by atoms with Crippen molar-refractivity contribution in [2.45, 2.75) is 6.42 Å². The maximum Gasteiger partial charge on any atom is 0.230 e. The molecule has 0 saturated carbocycles. The number of amides is 1. The van der Waals surface area contributed by atoms with Crippen molar-refractivity contribution in [3.05, 3.63) is 47.5 Å². The van der Waals surface area contributed by atoms with Crippen molar-refractivity contribution in [3.63, 3.8) is 0 Å². The zero-order chi connectivity index (χ0) is 16.9. The molecule has 3 rings (SSSR count). The van der Waals surface area contributed by atoms with E-state index in [-0.39, 0.29) is 12.3 Å². The third-order valence-corrected chi connectivity index (χ3v) is 4.23. The number of hydrogen-bond donors (Lipinski definition) is 1. The molecule has 1 amide bonds. The topological polar surface area (TPSA) is 73.6 Å². The molecule has 0 atom stereocenters. The molecule has 1 N–H and O–H groups in total. The van der Waals surface area contributed by atoms with Crippen molar-refractivity contribution in [3.8, 4) is 22.1 Å². The van der Waals surface area contributed by atoms with Crippen molar-refractivity contribution in [2.75, 3.05) is 19.5 Å². The molecule has 0 radical (unpaired) electrons. The number of rotatable bonds is 6. The molecule has 2 heterocycles. The van der Waals surface area contributed by atoms with E-state index in [0.29, 0.717) is 28.6 Å². The van der Waals surface area contributed by atoms with Gasteiger partial charge in [-0.3, -0.25) is 4.79 Å². The number of methoxy groups -OCH3 is 2. The van der Waals surface area contributed by atoms with Gasteiger partial charge in [-0.15, -0.1) is 11.3 Å². The summed E-state index contributed by atoms with van der Waals surface area (Å²) in [6.45, 7) is 0. The number of carbonyl (C=O) groups excluding carboxylic acids is 1. The van der Waals surface area contributed by atoms with Crippen LogP contribution < -0.4 is 14.8 Å². The number of hydrogen-bond acceptors (Lipinski definition) is 6. The summed E-state index contributed by atoms with van der Waals surface area (Å²) in [5.74, 6) is 1.63. The molecule has 0 aliphatic carbocycles. The number of aromatic nitrogens is 1. The minimum absolute atomic E-state index is 0.106. The Kier molecular flexibility index (Phi) is 4.81. The lowest BCUT2D eigenvalue weighted by molar-refractivity contribution is -0.115. The van der Waals surface area contributed by atoms with Gasteiger partial charge in [0.2, 0.25) is 5.91 Å². The van der Waals surface area contributed by atoms with E-state index in [4.69, 9.17) is 14.0 Å². The first-order chi connectivity index (χ1) is 11.7. The SMILES string of the molecule is COc1ccc(OC)c(NC(=O)Cc2cc(-c3cccs3)on2)c1. The first-order valence-electron chi connectivity index (χ1n) is 7.21. The van der Waals surface area contributed by atoms with Gasteiger partial charge in [0.15, 0.2) is 5.76 Å². The van der Waals surface area contributed by atoms with Crippen LogP contribution in [0.25, 0.3) is 10.6 Å². The van der Waals surface area contributed by atoms with E-state index in [1.54, 1.807) is 49.8 Å². The highest BCUT2D eigenvalue weighted by atomic mass is 32.1. The van der Waals surface area contributed by atoms with E-state index >= 15 is 0 Å². The summed E-state index contributed by atoms with van der Waals surface area (Å²) in [4.78, 5) is 13.2. The summed E-state index contributed by atoms with van der Waals surface area (Å²) >= 11 is 1.56. The highest BCUT2D eigenvalue weighted by molar-refractivity contribution is 7.13. The molecule has 2 aromatic heterocycles. The number of carbonyl (C=O) groups is 1. The second-order valence-corrected chi connectivity index (χ2v) is 5.90. The van der Waals surface area contributed by atoms with Gasteiger partial charge < -0.3 is 19.3 Å². The van der Waals surface area contributed by atoms with Crippen LogP contribution in [0.2, 0.25) is 0 Å². The Morgan fingerprint density at radius 1 is 1.25 bits per heavy atom. The van der Waals surface area contributed by atoms with Crippen LogP contribution in [0.1, 0.15) is 5.69 Å². The average Bonchev–Trinajstić information content (AvgIpc) is 3.25. The summed E-state index contributed by atoms with van der Waals surface area (Å²) in [5.41, 5.74) is 1.11. The van der Waals surface area contributed by atoms with Crippen LogP contribution in [0.3, 0.4) is 0 Å². The second kappa shape index (κ2) is 7.18. The van der Waals surface area contributed by atoms with E-state index in [1.165, 1.54) is 0 Å². The minimum atomic E-state index is -0.215. The third-order valence-electron chi connectivity index (χ3n) is 3.35. The van der Waals surface area contributed by atoms with Gasteiger partial charge in [0.1, 0.15) is 11.5 Å². The molecular weight excluding hydrogens is 328 g/mol. The molecule has 24 heavy (non-hydrogen) atoms. The maximum atomic E-state index is 12.3. The van der Waals surface area contributed by atoms with Crippen molar-refractivity contribution in [1.82, 2.24) is 5.16 Å². The molecule has 0 aliphatic rings. The molecular formula is C17H16N2O4S. The van der Waals surface area contributed by atoms with Gasteiger partial charge in [-0.25, -0.2) is 0 Å². The Bertz CT molecular complexity index is 827. The predicted octanol–water partition coefficient (Wildman–Crippen LogP) is 3.60. The molecule has 3 aromatic rings. The van der Waals surface area contributed by atoms with E-state index in [0.717, 1.165) is 4.88 Å². The van der Waals surface area contributed by atoms with Crippen LogP contribution >= 0.6 is 11.3 Å². The Hall–Kier alpha value is -2.80. The standard InChI is InChI=1S/C17H16N2O4S/c1-21-12-5-6-14(22-2)13(10-12)18-17(20)9-11-8-15(23-19-11)16-4-3-7-24-16/h3-8,10H,9H2,1-2H3,(H,18,20). The average molecular weight is 344 g/mol. The summed E-state index contributed by atoms with van der Waals surface area (Å²) < 4.78 is 15.7. The Morgan fingerprint density at radius 3 is 2.83 bits per heavy atom. The number of ether oxygens (including phenoxy) is 2. The van der Waals surface area contributed by atoms with Gasteiger partial charge in [-0.05, 0) is 23.6 Å². The van der Waals surface area contributed by atoms with Gasteiger partial charge >= 0.3 is 0 Å². The molecule has 0 aliphatic heterocycles. The van der Waals surface area contributed by atoms with Gasteiger partial charge in [0.25, 0.3) is 0 Å². The Labute approximate surface area is 143 Å². The fourth-order valence-corrected chi connectivity index (χ4v) is 2.87. The molecule has 6 nitrogen and oxygen atoms in total. The van der Waals surface area contributed by atoms with Crippen LogP contribution in [0.5, 0.6) is 11.5 Å². The third kappa shape index (κ3) is 3.57. The zero-order valence-electron chi connectivity index (χ0n) is 13.2. The van der Waals surface area contributed by atoms with Crippen molar-refractivity contribution >= 4 is 22.9 Å². The van der Waals surface area contributed by atoms with Crippen LogP contribution in [-0.2, 0) is 11.2 Å². The molecule has 0 unspecified atom stereocenters. The van der Waals surface area contributed by atoms with Gasteiger partial charge in [0, 0.05) is 12.1 Å². The maximum absolute atomic E-state index is 12.3. The first-order valence-corrected chi connectivity index (χ1v) is 8.09. The lowest BCUT2D eigenvalue weighted by atomic mass is 10.2. The number of anilines is 1. The fraction of sp³-hybridized carbons (Fsp3) is 0.176. The number of nitrogens with zero attached hydrogens (tertiary/aromatic N) is 1. The van der Waals surface area contributed by atoms with Crippen LogP contribution in [0, 0.1) is 0 Å². The monoisotopic (exact) mass is 344 g/mol. The van der Waals surface area contributed by atoms with Crippen LogP contribution in [0.4, 0.5) is 5.69 Å². The predicted molar refractivity (Wildman–Crippen MR) is 91.7 cm³/mol. The Balaban J connectivity index is 1.70. The van der Waals surface area contributed by atoms with Crippen molar-refractivity contribution in [1.29, 1.82) is 0 Å². The summed E-state index contributed by atoms with van der Waals surface area (Å²) in [6, 6.07) is 10.9. The van der Waals surface area contributed by atoms with Crippen molar-refractivity contribution < 1.29 is 18.8 Å². The highest BCUT2D eigenvalue weighted by Crippen LogP contribution is 2.29. The van der Waals surface area contributed by atoms with E-state index in [9.17, 15) is 4.79 Å². The van der Waals surface area contributed by atoms with Gasteiger partial charge in [-0.1, -0.05) is 11.2 Å². The zero-order valence-corrected chi connectivity index (χ0v) is 14.1. The Morgan fingerprint density at radius 2 is 2.12 bits per heavy atom. The molecule has 0 bridgehead atoms. The lowest BCUT2D eigenvalue weighted by Crippen LogP contribution is -2.15. The van der Waals surface area contributed by atoms with Crippen molar-refractivity contribution in [2.24, 2.45) is 0 Å². The molecule has 0 fully saturated rings. The normalized spacial score (nSPS) is 10.4. The quantitative estimate of drug-likeness (QED) is 0.739. The van der Waals surface area contributed by atoms with Gasteiger partial charge in [0.05, 0.1) is 36.9 Å². The van der Waals surface area contributed by atoms with Gasteiger partial charge in [-0.2, -0.15) is 0 Å². The fourth-order valence-electron chi connectivity index (χ4n) is 2.20. The molecule has 0 saturated heterocycles. The van der Waals surface area contributed by atoms with E-state index < -0.39 is 0 Å². The summed E-state index contributed by atoms with van der Waals surface area (Å²) in [5, 5.41) is 8.71. The van der Waals surface area contributed by atoms with Crippen LogP contribution in [-0.4, -0.2) is 25.3 Å². The number of benzene rings is 1. The number of nitrogens with one attached hydrogen (secondary N) is 1. The second-order valence-electron chi connectivity index (χ2n) is 4.95. The molecule has 7 heteroatoms. The largest absolute Gasteiger partial charge is 0.497 e. The molecule has 0 spiro atoms. The summed E-state index contributed by atoms with van der Waals surface area (Å²) in [7, 11) is 3.11. The highest BCUT2D eigenvalue weighted by Gasteiger charge is 2.13. The van der Waals surface area contributed by atoms with E-state index in [1.807, 2.05) is 17.5 Å². The first kappa shape index (κ1) is 16.1. The molecule has 1 aromatic carbocycles. The number of thiophene rings is 1. The smallest absolute Gasteiger partial charge is 0.230 e. The summed E-state index contributed by atoms with van der Waals surface area (Å²) in [6.07, 6.45) is 0.106. The van der Waals surface area contributed by atoms with E-state index in [2.05, 4.69) is 10.5 Å². The van der Waals surface area contributed by atoms with Crippen LogP contribution in [0.15, 0.2) is 46.3 Å². The minimum Gasteiger partial charge on any atom is -0.497 e. The molecule has 124 valence electrons. The lowest BCUT2D eigenvalue weighted by Gasteiger charge is -2.11.